The summed E-state index contributed by atoms with van der Waals surface area (Å²) in [4.78, 5) is 15.0. The van der Waals surface area contributed by atoms with E-state index in [1.54, 1.807) is 0 Å². The third-order valence-electron chi connectivity index (χ3n) is 7.40. The van der Waals surface area contributed by atoms with Gasteiger partial charge in [0, 0.05) is 12.7 Å². The lowest BCUT2D eigenvalue weighted by Gasteiger charge is -2.33. The monoisotopic (exact) mass is 354 g/mol. The van der Waals surface area contributed by atoms with E-state index in [0.29, 0.717) is 5.91 Å². The van der Waals surface area contributed by atoms with Crippen molar-refractivity contribution in [3.05, 3.63) is 29.3 Å². The van der Waals surface area contributed by atoms with Crippen molar-refractivity contribution in [2.75, 3.05) is 25.0 Å². The van der Waals surface area contributed by atoms with Crippen molar-refractivity contribution >= 4 is 11.6 Å². The van der Waals surface area contributed by atoms with E-state index in [2.05, 4.69) is 30.4 Å². The zero-order valence-electron chi connectivity index (χ0n) is 16.5. The maximum Gasteiger partial charge on any atom is 0.237 e. The maximum absolute atomic E-state index is 13.1. The summed E-state index contributed by atoms with van der Waals surface area (Å²) in [6.07, 6.45) is 11.4. The summed E-state index contributed by atoms with van der Waals surface area (Å²) in [5.74, 6) is 1.93. The Morgan fingerprint density at radius 3 is 2.62 bits per heavy atom. The number of rotatable bonds is 2. The van der Waals surface area contributed by atoms with E-state index in [-0.39, 0.29) is 5.41 Å². The summed E-state index contributed by atoms with van der Waals surface area (Å²) in [6, 6.07) is 6.90. The lowest BCUT2D eigenvalue weighted by Crippen LogP contribution is -2.46. The van der Waals surface area contributed by atoms with Crippen LogP contribution in [0.1, 0.15) is 69.4 Å². The Labute approximate surface area is 158 Å². The summed E-state index contributed by atoms with van der Waals surface area (Å²) in [5.41, 5.74) is 3.63. The topological polar surface area (TPSA) is 32.3 Å². The molecule has 3 heteroatoms. The van der Waals surface area contributed by atoms with E-state index in [1.165, 1.54) is 56.1 Å². The number of fused-ring (bicyclic) bond motifs is 2. The lowest BCUT2D eigenvalue weighted by molar-refractivity contribution is -0.123. The van der Waals surface area contributed by atoms with Gasteiger partial charge >= 0.3 is 0 Å². The highest BCUT2D eigenvalue weighted by molar-refractivity contribution is 6.07. The largest absolute Gasteiger partial charge is 0.317 e. The summed E-state index contributed by atoms with van der Waals surface area (Å²) in [5, 5.41) is 3.43. The molecule has 1 N–H and O–H groups in total. The van der Waals surface area contributed by atoms with Gasteiger partial charge in [0.15, 0.2) is 0 Å². The number of piperidine rings is 1. The molecule has 0 aromatic heterocycles. The normalized spacial score (nSPS) is 28.7. The van der Waals surface area contributed by atoms with Gasteiger partial charge in [-0.2, -0.15) is 0 Å². The minimum Gasteiger partial charge on any atom is -0.317 e. The Kier molecular flexibility index (Phi) is 5.09. The van der Waals surface area contributed by atoms with E-state index >= 15 is 0 Å². The summed E-state index contributed by atoms with van der Waals surface area (Å²) >= 11 is 0. The van der Waals surface area contributed by atoms with Crippen molar-refractivity contribution in [1.82, 2.24) is 5.32 Å². The molecule has 0 bridgehead atoms. The quantitative estimate of drug-likeness (QED) is 0.852. The minimum atomic E-state index is -0.266. The molecule has 2 unspecified atom stereocenters. The van der Waals surface area contributed by atoms with E-state index in [4.69, 9.17) is 0 Å². The first kappa shape index (κ1) is 18.0. The van der Waals surface area contributed by atoms with Gasteiger partial charge in [0.1, 0.15) is 0 Å². The molecule has 3 aliphatic rings. The molecule has 1 aliphatic carbocycles. The second kappa shape index (κ2) is 7.34. The second-order valence-electron chi connectivity index (χ2n) is 8.98. The van der Waals surface area contributed by atoms with Crippen LogP contribution in [0.4, 0.5) is 5.69 Å². The fourth-order valence-electron chi connectivity index (χ4n) is 5.62. The van der Waals surface area contributed by atoms with Gasteiger partial charge in [-0.1, -0.05) is 51.2 Å². The molecular formula is C23H34N2O. The first-order chi connectivity index (χ1) is 12.6. The zero-order valence-corrected chi connectivity index (χ0v) is 16.5. The van der Waals surface area contributed by atoms with Crippen LogP contribution in [0.15, 0.2) is 18.2 Å². The SMILES string of the molecule is CC1CCCCCCC1Cc1ccc2c(c1)C1(CCNCC1)C(=O)N2C. The molecule has 26 heavy (non-hydrogen) atoms. The highest BCUT2D eigenvalue weighted by Gasteiger charge is 2.49. The third-order valence-corrected chi connectivity index (χ3v) is 7.40. The predicted octanol–water partition coefficient (Wildman–Crippen LogP) is 4.43. The van der Waals surface area contributed by atoms with Crippen LogP contribution in [0, 0.1) is 11.8 Å². The van der Waals surface area contributed by atoms with E-state index < -0.39 is 0 Å². The number of anilines is 1. The van der Waals surface area contributed by atoms with Crippen molar-refractivity contribution in [3.63, 3.8) is 0 Å². The van der Waals surface area contributed by atoms with Crippen LogP contribution in [0.2, 0.25) is 0 Å². The molecule has 1 saturated heterocycles. The number of likely N-dealkylation sites (N-methyl/N-ethyl adjacent to an activating group) is 1. The Bertz CT molecular complexity index is 662. The van der Waals surface area contributed by atoms with Gasteiger partial charge in [0.25, 0.3) is 0 Å². The smallest absolute Gasteiger partial charge is 0.237 e. The molecule has 1 saturated carbocycles. The van der Waals surface area contributed by atoms with Crippen LogP contribution >= 0.6 is 0 Å². The summed E-state index contributed by atoms with van der Waals surface area (Å²) < 4.78 is 0. The van der Waals surface area contributed by atoms with Crippen LogP contribution in [0.5, 0.6) is 0 Å². The highest BCUT2D eigenvalue weighted by Crippen LogP contribution is 2.47. The van der Waals surface area contributed by atoms with Crippen molar-refractivity contribution in [2.24, 2.45) is 11.8 Å². The van der Waals surface area contributed by atoms with Crippen LogP contribution in [-0.4, -0.2) is 26.0 Å². The fourth-order valence-corrected chi connectivity index (χ4v) is 5.62. The molecule has 0 radical (unpaired) electrons. The van der Waals surface area contributed by atoms with Gasteiger partial charge in [-0.15, -0.1) is 0 Å². The Morgan fingerprint density at radius 1 is 1.12 bits per heavy atom. The van der Waals surface area contributed by atoms with E-state index in [1.807, 2.05) is 11.9 Å². The standard InChI is InChI=1S/C23H34N2O/c1-17-7-5-3-4-6-8-19(17)15-18-9-10-21-20(16-18)23(22(26)25(21)2)11-13-24-14-12-23/h9-10,16-17,19,24H,3-8,11-15H2,1-2H3. The van der Waals surface area contributed by atoms with E-state index in [0.717, 1.165) is 43.5 Å². The van der Waals surface area contributed by atoms with Gasteiger partial charge < -0.3 is 10.2 Å². The Balaban J connectivity index is 1.61. The minimum absolute atomic E-state index is 0.266. The second-order valence-corrected chi connectivity index (χ2v) is 8.98. The van der Waals surface area contributed by atoms with Crippen molar-refractivity contribution < 1.29 is 4.79 Å². The van der Waals surface area contributed by atoms with Crippen LogP contribution in [0.3, 0.4) is 0 Å². The van der Waals surface area contributed by atoms with Crippen molar-refractivity contribution in [1.29, 1.82) is 0 Å². The predicted molar refractivity (Wildman–Crippen MR) is 108 cm³/mol. The molecular weight excluding hydrogens is 320 g/mol. The molecule has 3 nitrogen and oxygen atoms in total. The van der Waals surface area contributed by atoms with Crippen molar-refractivity contribution in [3.8, 4) is 0 Å². The van der Waals surface area contributed by atoms with Crippen LogP contribution in [0.25, 0.3) is 0 Å². The van der Waals surface area contributed by atoms with Gasteiger partial charge in [-0.3, -0.25) is 4.79 Å². The number of nitrogens with one attached hydrogen (secondary N) is 1. The number of hydrogen-bond donors (Lipinski definition) is 1. The van der Waals surface area contributed by atoms with E-state index in [9.17, 15) is 4.79 Å². The molecule has 1 aromatic rings. The average molecular weight is 355 g/mol. The lowest BCUT2D eigenvalue weighted by atomic mass is 9.73. The van der Waals surface area contributed by atoms with Crippen molar-refractivity contribution in [2.45, 2.75) is 70.1 Å². The maximum atomic E-state index is 13.1. The Hall–Kier alpha value is -1.35. The first-order valence-electron chi connectivity index (χ1n) is 10.7. The first-order valence-corrected chi connectivity index (χ1v) is 10.7. The number of benzene rings is 1. The number of nitrogens with zero attached hydrogens (tertiary/aromatic N) is 1. The average Bonchev–Trinajstić information content (AvgIpc) is 2.84. The molecule has 2 atom stereocenters. The number of carbonyl (C=O) groups excluding carboxylic acids is 1. The number of hydrogen-bond acceptors (Lipinski definition) is 2. The van der Waals surface area contributed by atoms with Crippen LogP contribution < -0.4 is 10.2 Å². The molecule has 1 amide bonds. The Morgan fingerprint density at radius 2 is 1.85 bits per heavy atom. The van der Waals surface area contributed by atoms with Crippen LogP contribution in [-0.2, 0) is 16.6 Å². The van der Waals surface area contributed by atoms with Gasteiger partial charge in [-0.25, -0.2) is 0 Å². The highest BCUT2D eigenvalue weighted by atomic mass is 16.2. The molecule has 2 heterocycles. The van der Waals surface area contributed by atoms with Gasteiger partial charge in [0.05, 0.1) is 5.41 Å². The number of carbonyl (C=O) groups is 1. The molecule has 4 rings (SSSR count). The zero-order chi connectivity index (χ0) is 18.1. The van der Waals surface area contributed by atoms with Gasteiger partial charge in [0.2, 0.25) is 5.91 Å². The summed E-state index contributed by atoms with van der Waals surface area (Å²) in [7, 11) is 1.95. The molecule has 2 fully saturated rings. The molecule has 1 aromatic carbocycles. The number of amides is 1. The molecule has 1 spiro atoms. The third kappa shape index (κ3) is 3.09. The fraction of sp³-hybridized carbons (Fsp3) is 0.696. The molecule has 2 aliphatic heterocycles. The summed E-state index contributed by atoms with van der Waals surface area (Å²) in [6.45, 7) is 4.35. The molecule has 142 valence electrons. The van der Waals surface area contributed by atoms with Gasteiger partial charge in [-0.05, 0) is 67.8 Å².